The maximum atomic E-state index is 11.6. The maximum Gasteiger partial charge on any atom is 0.246 e. The number of rotatable bonds is 6. The summed E-state index contributed by atoms with van der Waals surface area (Å²) in [6, 6.07) is 8.24. The fourth-order valence-corrected chi connectivity index (χ4v) is 2.67. The molecule has 114 valence electrons. The largest absolute Gasteiger partial charge is 0.353 e. The zero-order valence-electron chi connectivity index (χ0n) is 12.7. The Balaban J connectivity index is 2.26. The van der Waals surface area contributed by atoms with E-state index in [-0.39, 0.29) is 30.9 Å². The van der Waals surface area contributed by atoms with Crippen LogP contribution in [0.15, 0.2) is 24.3 Å². The van der Waals surface area contributed by atoms with Gasteiger partial charge in [-0.3, -0.25) is 14.9 Å². The molecule has 1 aromatic rings. The Bertz CT molecular complexity index is 500. The molecule has 1 aliphatic rings. The molecule has 0 aromatic heterocycles. The second-order valence-corrected chi connectivity index (χ2v) is 5.30. The van der Waals surface area contributed by atoms with Crippen LogP contribution in [0.3, 0.4) is 0 Å². The molecule has 1 fully saturated rings. The van der Waals surface area contributed by atoms with Gasteiger partial charge < -0.3 is 10.2 Å². The minimum atomic E-state index is -0.240. The van der Waals surface area contributed by atoms with Gasteiger partial charge in [-0.2, -0.15) is 0 Å². The second-order valence-electron chi connectivity index (χ2n) is 5.30. The van der Waals surface area contributed by atoms with Crippen molar-refractivity contribution in [2.45, 2.75) is 32.7 Å². The van der Waals surface area contributed by atoms with Crippen LogP contribution in [0.5, 0.6) is 0 Å². The van der Waals surface area contributed by atoms with Crippen molar-refractivity contribution in [1.82, 2.24) is 10.6 Å². The molecule has 1 unspecified atom stereocenters. The first-order valence-corrected chi connectivity index (χ1v) is 7.55. The van der Waals surface area contributed by atoms with Gasteiger partial charge in [0.15, 0.2) is 0 Å². The molecule has 2 rings (SSSR count). The van der Waals surface area contributed by atoms with Gasteiger partial charge >= 0.3 is 0 Å². The molecule has 21 heavy (non-hydrogen) atoms. The van der Waals surface area contributed by atoms with E-state index in [4.69, 9.17) is 0 Å². The van der Waals surface area contributed by atoms with E-state index < -0.39 is 0 Å². The highest BCUT2D eigenvalue weighted by molar-refractivity contribution is 6.02. The maximum absolute atomic E-state index is 11.6. The second kappa shape index (κ2) is 7.22. The van der Waals surface area contributed by atoms with Crippen LogP contribution < -0.4 is 15.5 Å². The van der Waals surface area contributed by atoms with E-state index in [0.717, 1.165) is 30.6 Å². The van der Waals surface area contributed by atoms with E-state index in [1.807, 2.05) is 23.1 Å². The summed E-state index contributed by atoms with van der Waals surface area (Å²) in [6.07, 6.45) is 2.04. The number of para-hydroxylation sites is 1. The monoisotopic (exact) mass is 289 g/mol. The van der Waals surface area contributed by atoms with Crippen molar-refractivity contribution in [3.8, 4) is 0 Å². The molecule has 0 radical (unpaired) electrons. The Morgan fingerprint density at radius 3 is 2.48 bits per heavy atom. The Kier molecular flexibility index (Phi) is 5.33. The fraction of sp³-hybridized carbons (Fsp3) is 0.500. The van der Waals surface area contributed by atoms with Gasteiger partial charge in [0, 0.05) is 11.7 Å². The summed E-state index contributed by atoms with van der Waals surface area (Å²) in [6.45, 7) is 5.68. The zero-order valence-corrected chi connectivity index (χ0v) is 12.7. The molecule has 1 atom stereocenters. The summed E-state index contributed by atoms with van der Waals surface area (Å²) in [4.78, 5) is 25.0. The smallest absolute Gasteiger partial charge is 0.246 e. The molecule has 1 aromatic carbocycles. The number of hydrogen-bond donors (Lipinski definition) is 2. The third kappa shape index (κ3) is 3.82. The lowest BCUT2D eigenvalue weighted by Crippen LogP contribution is -2.51. The van der Waals surface area contributed by atoms with Gasteiger partial charge in [0.2, 0.25) is 11.8 Å². The third-order valence-corrected chi connectivity index (χ3v) is 3.65. The fourth-order valence-electron chi connectivity index (χ4n) is 2.67. The van der Waals surface area contributed by atoms with E-state index in [9.17, 15) is 9.59 Å². The van der Waals surface area contributed by atoms with Crippen LogP contribution in [0.4, 0.5) is 5.69 Å². The average Bonchev–Trinajstić information content (AvgIpc) is 2.47. The van der Waals surface area contributed by atoms with Crippen LogP contribution in [-0.4, -0.2) is 31.4 Å². The zero-order chi connectivity index (χ0) is 15.2. The highest BCUT2D eigenvalue weighted by atomic mass is 16.2. The minimum absolute atomic E-state index is 0.229. The van der Waals surface area contributed by atoms with Gasteiger partial charge in [0.25, 0.3) is 0 Å². The van der Waals surface area contributed by atoms with Gasteiger partial charge in [-0.05, 0) is 31.0 Å². The van der Waals surface area contributed by atoms with Crippen LogP contribution >= 0.6 is 0 Å². The predicted octanol–water partition coefficient (Wildman–Crippen LogP) is 1.60. The summed E-state index contributed by atoms with van der Waals surface area (Å²) in [5.41, 5.74) is 2.12. The number of piperazine rings is 1. The average molecular weight is 289 g/mol. The lowest BCUT2D eigenvalue weighted by molar-refractivity contribution is -0.130. The highest BCUT2D eigenvalue weighted by Crippen LogP contribution is 2.28. The lowest BCUT2D eigenvalue weighted by atomic mass is 10.0. The molecule has 0 bridgehead atoms. The van der Waals surface area contributed by atoms with Gasteiger partial charge in [-0.15, -0.1) is 0 Å². The highest BCUT2D eigenvalue weighted by Gasteiger charge is 2.25. The quantitative estimate of drug-likeness (QED) is 0.781. The van der Waals surface area contributed by atoms with Crippen molar-refractivity contribution >= 4 is 17.5 Å². The van der Waals surface area contributed by atoms with E-state index >= 15 is 0 Å². The standard InChI is InChI=1S/C16H23N3O2/c1-3-9-17-13(4-2)12-7-5-6-8-14(12)19-10-15(20)18-16(21)11-19/h5-8,13,17H,3-4,9-11H2,1-2H3,(H,18,20,21). The van der Waals surface area contributed by atoms with E-state index in [2.05, 4.69) is 30.5 Å². The van der Waals surface area contributed by atoms with E-state index in [0.29, 0.717) is 0 Å². The lowest BCUT2D eigenvalue weighted by Gasteiger charge is -2.31. The molecule has 0 saturated carbocycles. The van der Waals surface area contributed by atoms with Crippen LogP contribution in [0.25, 0.3) is 0 Å². The third-order valence-electron chi connectivity index (χ3n) is 3.65. The van der Waals surface area contributed by atoms with Crippen LogP contribution in [0, 0.1) is 0 Å². The normalized spacial score (nSPS) is 16.8. The first kappa shape index (κ1) is 15.5. The molecule has 5 nitrogen and oxygen atoms in total. The number of benzene rings is 1. The Morgan fingerprint density at radius 2 is 1.86 bits per heavy atom. The van der Waals surface area contributed by atoms with Crippen molar-refractivity contribution in [2.75, 3.05) is 24.5 Å². The molecule has 1 saturated heterocycles. The number of carbonyl (C=O) groups is 2. The summed E-state index contributed by atoms with van der Waals surface area (Å²) in [7, 11) is 0. The number of nitrogens with zero attached hydrogens (tertiary/aromatic N) is 1. The number of carbonyl (C=O) groups excluding carboxylic acids is 2. The summed E-state index contributed by atoms with van der Waals surface area (Å²) < 4.78 is 0. The van der Waals surface area contributed by atoms with Crippen LogP contribution in [-0.2, 0) is 9.59 Å². The number of anilines is 1. The molecule has 2 N–H and O–H groups in total. The molecule has 1 aliphatic heterocycles. The molecule has 0 spiro atoms. The molecule has 0 aliphatic carbocycles. The molecule has 2 amide bonds. The van der Waals surface area contributed by atoms with Crippen molar-refractivity contribution < 1.29 is 9.59 Å². The summed E-state index contributed by atoms with van der Waals surface area (Å²) in [5, 5.41) is 5.87. The predicted molar refractivity (Wildman–Crippen MR) is 83.1 cm³/mol. The van der Waals surface area contributed by atoms with Gasteiger partial charge in [-0.25, -0.2) is 0 Å². The number of imide groups is 1. The molecular formula is C16H23N3O2. The molecule has 1 heterocycles. The van der Waals surface area contributed by atoms with Crippen molar-refractivity contribution in [3.63, 3.8) is 0 Å². The number of nitrogens with one attached hydrogen (secondary N) is 2. The van der Waals surface area contributed by atoms with E-state index in [1.165, 1.54) is 0 Å². The first-order chi connectivity index (χ1) is 10.2. The van der Waals surface area contributed by atoms with Crippen LogP contribution in [0.2, 0.25) is 0 Å². The Labute approximate surface area is 125 Å². The van der Waals surface area contributed by atoms with Crippen molar-refractivity contribution in [3.05, 3.63) is 29.8 Å². The molecular weight excluding hydrogens is 266 g/mol. The number of amides is 2. The van der Waals surface area contributed by atoms with Gasteiger partial charge in [0.05, 0.1) is 13.1 Å². The number of hydrogen-bond acceptors (Lipinski definition) is 4. The van der Waals surface area contributed by atoms with Crippen molar-refractivity contribution in [1.29, 1.82) is 0 Å². The first-order valence-electron chi connectivity index (χ1n) is 7.55. The Morgan fingerprint density at radius 1 is 1.19 bits per heavy atom. The summed E-state index contributed by atoms with van der Waals surface area (Å²) in [5.74, 6) is -0.480. The Hall–Kier alpha value is -1.88. The SMILES string of the molecule is CCCNC(CC)c1ccccc1N1CC(=O)NC(=O)C1. The van der Waals surface area contributed by atoms with Gasteiger partial charge in [-0.1, -0.05) is 32.0 Å². The minimum Gasteiger partial charge on any atom is -0.353 e. The van der Waals surface area contributed by atoms with Crippen molar-refractivity contribution in [2.24, 2.45) is 0 Å². The topological polar surface area (TPSA) is 61.4 Å². The molecule has 5 heteroatoms. The van der Waals surface area contributed by atoms with Crippen LogP contribution in [0.1, 0.15) is 38.3 Å². The van der Waals surface area contributed by atoms with Gasteiger partial charge in [0.1, 0.15) is 0 Å². The van der Waals surface area contributed by atoms with E-state index in [1.54, 1.807) is 0 Å². The summed E-state index contributed by atoms with van der Waals surface area (Å²) >= 11 is 0.